The van der Waals surface area contributed by atoms with Crippen LogP contribution in [0.5, 0.6) is 17.2 Å². The Bertz CT molecular complexity index is 731. The van der Waals surface area contributed by atoms with Gasteiger partial charge in [0.15, 0.2) is 11.5 Å². The molecule has 1 aliphatic heterocycles. The molecule has 5 nitrogen and oxygen atoms in total. The number of ether oxygens (including phenoxy) is 3. The predicted molar refractivity (Wildman–Crippen MR) is 80.7 cm³/mol. The standard InChI is InChI=1S/C17H16O5/c1-17(2)21-14-12(8-9-13(20-3)15(14)22-17)10-4-6-11(7-5-10)16(18)19/h4-9H,1-3H3,(H,18,19). The lowest BCUT2D eigenvalue weighted by Crippen LogP contribution is -2.29. The Hall–Kier alpha value is -2.69. The van der Waals surface area contributed by atoms with Gasteiger partial charge < -0.3 is 19.3 Å². The quantitative estimate of drug-likeness (QED) is 0.938. The Morgan fingerprint density at radius 1 is 1.05 bits per heavy atom. The Balaban J connectivity index is 2.09. The van der Waals surface area contributed by atoms with E-state index in [9.17, 15) is 4.79 Å². The van der Waals surface area contributed by atoms with Crippen LogP contribution in [0.4, 0.5) is 0 Å². The van der Waals surface area contributed by atoms with Gasteiger partial charge in [0.2, 0.25) is 11.5 Å². The number of carboxylic acids is 1. The van der Waals surface area contributed by atoms with Crippen molar-refractivity contribution >= 4 is 5.97 Å². The first-order valence-corrected chi connectivity index (χ1v) is 6.84. The molecule has 0 saturated heterocycles. The van der Waals surface area contributed by atoms with Crippen LogP contribution < -0.4 is 14.2 Å². The van der Waals surface area contributed by atoms with Crippen molar-refractivity contribution in [3.8, 4) is 28.4 Å². The van der Waals surface area contributed by atoms with Crippen molar-refractivity contribution in [1.29, 1.82) is 0 Å². The third kappa shape index (κ3) is 2.35. The first kappa shape index (κ1) is 14.3. The fourth-order valence-electron chi connectivity index (χ4n) is 2.44. The number of aromatic carboxylic acids is 1. The molecule has 1 N–H and O–H groups in total. The zero-order valence-corrected chi connectivity index (χ0v) is 12.5. The minimum absolute atomic E-state index is 0.242. The van der Waals surface area contributed by atoms with Crippen molar-refractivity contribution in [2.45, 2.75) is 19.6 Å². The van der Waals surface area contributed by atoms with E-state index in [4.69, 9.17) is 19.3 Å². The number of carboxylic acid groups (broad SMARTS) is 1. The van der Waals surface area contributed by atoms with Gasteiger partial charge in [0, 0.05) is 19.4 Å². The summed E-state index contributed by atoms with van der Waals surface area (Å²) < 4.78 is 17.0. The summed E-state index contributed by atoms with van der Waals surface area (Å²) in [4.78, 5) is 10.9. The maximum atomic E-state index is 10.9. The third-order valence-corrected chi connectivity index (χ3v) is 3.43. The summed E-state index contributed by atoms with van der Waals surface area (Å²) >= 11 is 0. The average Bonchev–Trinajstić information content (AvgIpc) is 2.81. The van der Waals surface area contributed by atoms with Gasteiger partial charge >= 0.3 is 5.97 Å². The van der Waals surface area contributed by atoms with Crippen molar-refractivity contribution in [3.05, 3.63) is 42.0 Å². The van der Waals surface area contributed by atoms with E-state index >= 15 is 0 Å². The van der Waals surface area contributed by atoms with Crippen molar-refractivity contribution in [3.63, 3.8) is 0 Å². The van der Waals surface area contributed by atoms with Crippen molar-refractivity contribution in [1.82, 2.24) is 0 Å². The summed E-state index contributed by atoms with van der Waals surface area (Å²) in [7, 11) is 1.58. The van der Waals surface area contributed by atoms with Gasteiger partial charge in [-0.1, -0.05) is 12.1 Å². The van der Waals surface area contributed by atoms with Crippen LogP contribution in [-0.2, 0) is 0 Å². The van der Waals surface area contributed by atoms with Gasteiger partial charge in [-0.25, -0.2) is 4.79 Å². The van der Waals surface area contributed by atoms with Crippen LogP contribution >= 0.6 is 0 Å². The Morgan fingerprint density at radius 2 is 1.68 bits per heavy atom. The lowest BCUT2D eigenvalue weighted by molar-refractivity contribution is -0.0437. The number of fused-ring (bicyclic) bond motifs is 1. The monoisotopic (exact) mass is 300 g/mol. The molecule has 114 valence electrons. The average molecular weight is 300 g/mol. The van der Waals surface area contributed by atoms with Crippen LogP contribution in [0.3, 0.4) is 0 Å². The summed E-state index contributed by atoms with van der Waals surface area (Å²) in [5.74, 6) is 0.0469. The van der Waals surface area contributed by atoms with E-state index in [0.717, 1.165) is 11.1 Å². The summed E-state index contributed by atoms with van der Waals surface area (Å²) in [6.07, 6.45) is 0. The second kappa shape index (κ2) is 4.94. The van der Waals surface area contributed by atoms with Crippen LogP contribution in [0.2, 0.25) is 0 Å². The summed E-state index contributed by atoms with van der Waals surface area (Å²) in [5.41, 5.74) is 1.93. The predicted octanol–water partition coefficient (Wildman–Crippen LogP) is 3.57. The lowest BCUT2D eigenvalue weighted by atomic mass is 10.0. The first-order valence-electron chi connectivity index (χ1n) is 6.84. The lowest BCUT2D eigenvalue weighted by Gasteiger charge is -2.16. The van der Waals surface area contributed by atoms with Crippen LogP contribution in [0, 0.1) is 0 Å². The van der Waals surface area contributed by atoms with Gasteiger partial charge in [-0.2, -0.15) is 0 Å². The van der Waals surface area contributed by atoms with Crippen molar-refractivity contribution in [2.24, 2.45) is 0 Å². The van der Waals surface area contributed by atoms with Crippen LogP contribution in [-0.4, -0.2) is 24.0 Å². The molecule has 5 heteroatoms. The van der Waals surface area contributed by atoms with E-state index in [1.165, 1.54) is 0 Å². The van der Waals surface area contributed by atoms with Crippen LogP contribution in [0.25, 0.3) is 11.1 Å². The highest BCUT2D eigenvalue weighted by Crippen LogP contribution is 2.51. The fourth-order valence-corrected chi connectivity index (χ4v) is 2.44. The van der Waals surface area contributed by atoms with Crippen LogP contribution in [0.1, 0.15) is 24.2 Å². The minimum Gasteiger partial charge on any atom is -0.493 e. The van der Waals surface area contributed by atoms with Gasteiger partial charge in [0.1, 0.15) is 0 Å². The molecular formula is C17H16O5. The molecule has 0 saturated carbocycles. The Morgan fingerprint density at radius 3 is 2.27 bits per heavy atom. The van der Waals surface area contributed by atoms with Crippen molar-refractivity contribution < 1.29 is 24.1 Å². The van der Waals surface area contributed by atoms with E-state index in [0.29, 0.717) is 17.2 Å². The fraction of sp³-hybridized carbons (Fsp3) is 0.235. The summed E-state index contributed by atoms with van der Waals surface area (Å²) in [6.45, 7) is 3.65. The zero-order chi connectivity index (χ0) is 15.9. The molecule has 0 bridgehead atoms. The van der Waals surface area contributed by atoms with Crippen LogP contribution in [0.15, 0.2) is 36.4 Å². The Kier molecular flexibility index (Phi) is 3.20. The topological polar surface area (TPSA) is 65.0 Å². The molecule has 0 spiro atoms. The molecule has 0 fully saturated rings. The molecule has 0 radical (unpaired) electrons. The molecule has 2 aromatic rings. The number of hydrogen-bond acceptors (Lipinski definition) is 4. The zero-order valence-electron chi connectivity index (χ0n) is 12.5. The SMILES string of the molecule is COc1ccc(-c2ccc(C(=O)O)cc2)c2c1OC(C)(C)O2. The molecule has 0 unspecified atom stereocenters. The molecule has 0 aromatic heterocycles. The van der Waals surface area contributed by atoms with Gasteiger partial charge in [0.05, 0.1) is 12.7 Å². The van der Waals surface area contributed by atoms with Gasteiger partial charge in [-0.15, -0.1) is 0 Å². The number of benzene rings is 2. The summed E-state index contributed by atoms with van der Waals surface area (Å²) in [5, 5.41) is 8.98. The number of hydrogen-bond donors (Lipinski definition) is 1. The molecule has 0 atom stereocenters. The third-order valence-electron chi connectivity index (χ3n) is 3.43. The molecule has 1 aliphatic rings. The van der Waals surface area contributed by atoms with E-state index in [1.54, 1.807) is 31.4 Å². The molecule has 1 heterocycles. The second-order valence-electron chi connectivity index (χ2n) is 5.46. The molecule has 2 aromatic carbocycles. The van der Waals surface area contributed by atoms with Gasteiger partial charge in [-0.05, 0) is 29.8 Å². The molecule has 22 heavy (non-hydrogen) atoms. The first-order chi connectivity index (χ1) is 10.4. The molecule has 3 rings (SSSR count). The highest BCUT2D eigenvalue weighted by Gasteiger charge is 2.36. The highest BCUT2D eigenvalue weighted by molar-refractivity contribution is 5.88. The second-order valence-corrected chi connectivity index (χ2v) is 5.46. The van der Waals surface area contributed by atoms with E-state index in [1.807, 2.05) is 26.0 Å². The molecular weight excluding hydrogens is 284 g/mol. The van der Waals surface area contributed by atoms with E-state index in [2.05, 4.69) is 0 Å². The summed E-state index contributed by atoms with van der Waals surface area (Å²) in [6, 6.07) is 10.3. The van der Waals surface area contributed by atoms with E-state index < -0.39 is 11.8 Å². The maximum absolute atomic E-state index is 10.9. The molecule has 0 aliphatic carbocycles. The number of carbonyl (C=O) groups is 1. The largest absolute Gasteiger partial charge is 0.493 e. The minimum atomic E-state index is -0.952. The van der Waals surface area contributed by atoms with Gasteiger partial charge in [-0.3, -0.25) is 0 Å². The smallest absolute Gasteiger partial charge is 0.335 e. The Labute approximate surface area is 128 Å². The normalized spacial score (nSPS) is 14.7. The van der Waals surface area contributed by atoms with E-state index in [-0.39, 0.29) is 5.56 Å². The maximum Gasteiger partial charge on any atom is 0.335 e. The van der Waals surface area contributed by atoms with Gasteiger partial charge in [0.25, 0.3) is 0 Å². The number of methoxy groups -OCH3 is 1. The number of rotatable bonds is 3. The van der Waals surface area contributed by atoms with Crippen molar-refractivity contribution in [2.75, 3.05) is 7.11 Å². The highest BCUT2D eigenvalue weighted by atomic mass is 16.7. The molecule has 0 amide bonds.